The minimum atomic E-state index is -4.15. The summed E-state index contributed by atoms with van der Waals surface area (Å²) in [5, 5.41) is 2.70. The maximum Gasteiger partial charge on any atom is 0.264 e. The molecule has 0 heterocycles. The van der Waals surface area contributed by atoms with E-state index in [1.54, 1.807) is 12.1 Å². The molecule has 174 valence electrons. The van der Waals surface area contributed by atoms with Crippen molar-refractivity contribution in [2.75, 3.05) is 29.9 Å². The average molecular weight is 473 g/mol. The lowest BCUT2D eigenvalue weighted by Gasteiger charge is -2.24. The van der Waals surface area contributed by atoms with Crippen molar-refractivity contribution in [3.05, 3.63) is 78.1 Å². The van der Waals surface area contributed by atoms with Gasteiger partial charge >= 0.3 is 0 Å². The number of anilines is 2. The van der Waals surface area contributed by atoms with Crippen molar-refractivity contribution in [1.82, 2.24) is 0 Å². The molecule has 0 bridgehead atoms. The van der Waals surface area contributed by atoms with Gasteiger partial charge in [0.1, 0.15) is 23.9 Å². The van der Waals surface area contributed by atoms with E-state index in [-0.39, 0.29) is 10.6 Å². The number of benzene rings is 3. The second-order valence-electron chi connectivity index (χ2n) is 7.14. The van der Waals surface area contributed by atoms with E-state index in [2.05, 4.69) is 5.32 Å². The number of nitrogens with one attached hydrogen (secondary N) is 1. The van der Waals surface area contributed by atoms with E-state index >= 15 is 0 Å². The topological polar surface area (TPSA) is 84.9 Å². The fourth-order valence-corrected chi connectivity index (χ4v) is 4.58. The fraction of sp³-hybridized carbons (Fsp3) is 0.208. The molecule has 0 aliphatic heterocycles. The first-order valence-corrected chi connectivity index (χ1v) is 11.6. The third kappa shape index (κ3) is 5.81. The minimum Gasteiger partial charge on any atom is -0.495 e. The van der Waals surface area contributed by atoms with Crippen molar-refractivity contribution >= 4 is 27.3 Å². The highest BCUT2D eigenvalue weighted by Gasteiger charge is 2.27. The molecule has 0 aromatic heterocycles. The second-order valence-corrected chi connectivity index (χ2v) is 9.01. The Morgan fingerprint density at radius 3 is 2.30 bits per heavy atom. The van der Waals surface area contributed by atoms with E-state index in [9.17, 15) is 17.6 Å². The molecular formula is C24H25FN2O5S. The van der Waals surface area contributed by atoms with Crippen LogP contribution in [-0.2, 0) is 14.8 Å². The number of ether oxygens (including phenoxy) is 2. The molecule has 7 nitrogen and oxygen atoms in total. The van der Waals surface area contributed by atoms with Gasteiger partial charge in [-0.05, 0) is 80.1 Å². The first-order chi connectivity index (χ1) is 15.7. The molecule has 3 rings (SSSR count). The lowest BCUT2D eigenvalue weighted by Crippen LogP contribution is -2.38. The number of carbonyl (C=O) groups excluding carboxylic acids is 1. The van der Waals surface area contributed by atoms with Crippen LogP contribution in [0.4, 0.5) is 15.8 Å². The molecule has 0 atom stereocenters. The zero-order chi connectivity index (χ0) is 24.0. The summed E-state index contributed by atoms with van der Waals surface area (Å²) in [4.78, 5) is 12.9. The van der Waals surface area contributed by atoms with Crippen LogP contribution in [0.25, 0.3) is 0 Å². The molecule has 0 aliphatic rings. The number of amides is 1. The molecule has 0 radical (unpaired) electrons. The largest absolute Gasteiger partial charge is 0.495 e. The van der Waals surface area contributed by atoms with Gasteiger partial charge in [-0.3, -0.25) is 9.10 Å². The van der Waals surface area contributed by atoms with Gasteiger partial charge < -0.3 is 14.8 Å². The van der Waals surface area contributed by atoms with Crippen molar-refractivity contribution in [3.8, 4) is 11.5 Å². The molecule has 0 fully saturated rings. The van der Waals surface area contributed by atoms with Gasteiger partial charge in [0.2, 0.25) is 5.91 Å². The number of aryl methyl sites for hydroxylation is 1. The molecule has 1 N–H and O–H groups in total. The van der Waals surface area contributed by atoms with Crippen molar-refractivity contribution in [3.63, 3.8) is 0 Å². The molecule has 0 saturated carbocycles. The van der Waals surface area contributed by atoms with Gasteiger partial charge in [0.05, 0.1) is 30.0 Å². The summed E-state index contributed by atoms with van der Waals surface area (Å²) in [5.74, 6) is -0.144. The number of hydrogen-bond acceptors (Lipinski definition) is 5. The van der Waals surface area contributed by atoms with Crippen LogP contribution in [0.15, 0.2) is 71.6 Å². The van der Waals surface area contributed by atoms with Crippen LogP contribution in [-0.4, -0.2) is 34.6 Å². The Morgan fingerprint density at radius 1 is 1.03 bits per heavy atom. The SMILES string of the molecule is CCOc1ccc(S(=O)(=O)N(CC(=O)Nc2cc(C)ccc2OC)c2ccc(F)cc2)cc1. The van der Waals surface area contributed by atoms with Gasteiger partial charge in [-0.25, -0.2) is 12.8 Å². The highest BCUT2D eigenvalue weighted by molar-refractivity contribution is 7.92. The van der Waals surface area contributed by atoms with Crippen LogP contribution >= 0.6 is 0 Å². The molecule has 0 spiro atoms. The molecule has 33 heavy (non-hydrogen) atoms. The highest BCUT2D eigenvalue weighted by atomic mass is 32.2. The van der Waals surface area contributed by atoms with Crippen LogP contribution < -0.4 is 19.1 Å². The lowest BCUT2D eigenvalue weighted by atomic mass is 10.2. The van der Waals surface area contributed by atoms with Crippen LogP contribution in [0.3, 0.4) is 0 Å². The number of nitrogens with zero attached hydrogens (tertiary/aromatic N) is 1. The second kappa shape index (κ2) is 10.4. The molecule has 3 aromatic rings. The quantitative estimate of drug-likeness (QED) is 0.500. The summed E-state index contributed by atoms with van der Waals surface area (Å²) in [6, 6.07) is 16.0. The van der Waals surface area contributed by atoms with Crippen LogP contribution in [0.5, 0.6) is 11.5 Å². The summed E-state index contributed by atoms with van der Waals surface area (Å²) in [7, 11) is -2.67. The van der Waals surface area contributed by atoms with E-state index in [4.69, 9.17) is 9.47 Å². The predicted molar refractivity (Wildman–Crippen MR) is 125 cm³/mol. The zero-order valence-electron chi connectivity index (χ0n) is 18.5. The molecule has 9 heteroatoms. The van der Waals surface area contributed by atoms with Gasteiger partial charge in [0.25, 0.3) is 10.0 Å². The van der Waals surface area contributed by atoms with Crippen molar-refractivity contribution in [2.24, 2.45) is 0 Å². The van der Waals surface area contributed by atoms with Gasteiger partial charge in [0, 0.05) is 0 Å². The van der Waals surface area contributed by atoms with E-state index < -0.39 is 28.3 Å². The Kier molecular flexibility index (Phi) is 7.55. The van der Waals surface area contributed by atoms with E-state index in [1.165, 1.54) is 43.5 Å². The molecule has 3 aromatic carbocycles. The lowest BCUT2D eigenvalue weighted by molar-refractivity contribution is -0.114. The molecule has 0 aliphatic carbocycles. The normalized spacial score (nSPS) is 11.0. The molecule has 0 saturated heterocycles. The Hall–Kier alpha value is -3.59. The Balaban J connectivity index is 1.94. The summed E-state index contributed by atoms with van der Waals surface area (Å²) < 4.78 is 51.9. The molecule has 1 amide bonds. The average Bonchev–Trinajstić information content (AvgIpc) is 2.79. The monoisotopic (exact) mass is 472 g/mol. The summed E-state index contributed by atoms with van der Waals surface area (Å²) in [6.07, 6.45) is 0. The van der Waals surface area contributed by atoms with Crippen LogP contribution in [0.2, 0.25) is 0 Å². The standard InChI is InChI=1S/C24H25FN2O5S/c1-4-32-20-10-12-21(13-11-20)33(29,30)27(19-8-6-18(25)7-9-19)16-24(28)26-22-15-17(2)5-14-23(22)31-3/h5-15H,4,16H2,1-3H3,(H,26,28). The number of sulfonamides is 1. The Morgan fingerprint density at radius 2 is 1.70 bits per heavy atom. The number of carbonyl (C=O) groups is 1. The number of halogens is 1. The van der Waals surface area contributed by atoms with E-state index in [1.807, 2.05) is 19.9 Å². The highest BCUT2D eigenvalue weighted by Crippen LogP contribution is 2.28. The summed E-state index contributed by atoms with van der Waals surface area (Å²) in [6.45, 7) is 3.59. The maximum atomic E-state index is 13.5. The Labute approximate surface area is 192 Å². The number of rotatable bonds is 9. The first kappa shape index (κ1) is 24.1. The summed E-state index contributed by atoms with van der Waals surface area (Å²) in [5.41, 5.74) is 1.46. The van der Waals surface area contributed by atoms with Crippen molar-refractivity contribution in [2.45, 2.75) is 18.7 Å². The number of methoxy groups -OCH3 is 1. The smallest absolute Gasteiger partial charge is 0.264 e. The number of hydrogen-bond donors (Lipinski definition) is 1. The van der Waals surface area contributed by atoms with Crippen molar-refractivity contribution < 1.29 is 27.1 Å². The van der Waals surface area contributed by atoms with Gasteiger partial charge in [0.15, 0.2) is 0 Å². The Bertz CT molecular complexity index is 1210. The first-order valence-electron chi connectivity index (χ1n) is 10.2. The minimum absolute atomic E-state index is 0.0313. The van der Waals surface area contributed by atoms with E-state index in [0.717, 1.165) is 22.0 Å². The zero-order valence-corrected chi connectivity index (χ0v) is 19.4. The van der Waals surface area contributed by atoms with Crippen molar-refractivity contribution in [1.29, 1.82) is 0 Å². The van der Waals surface area contributed by atoms with Gasteiger partial charge in [-0.2, -0.15) is 0 Å². The summed E-state index contributed by atoms with van der Waals surface area (Å²) >= 11 is 0. The van der Waals surface area contributed by atoms with Crippen LogP contribution in [0.1, 0.15) is 12.5 Å². The molecular weight excluding hydrogens is 447 g/mol. The predicted octanol–water partition coefficient (Wildman–Crippen LogP) is 4.38. The molecule has 0 unspecified atom stereocenters. The van der Waals surface area contributed by atoms with Crippen LogP contribution in [0, 0.1) is 12.7 Å². The fourth-order valence-electron chi connectivity index (χ4n) is 3.16. The van der Waals surface area contributed by atoms with Gasteiger partial charge in [-0.1, -0.05) is 6.07 Å². The van der Waals surface area contributed by atoms with E-state index in [0.29, 0.717) is 23.8 Å². The maximum absolute atomic E-state index is 13.5. The third-order valence-corrected chi connectivity index (χ3v) is 6.54. The third-order valence-electron chi connectivity index (χ3n) is 4.75. The van der Waals surface area contributed by atoms with Gasteiger partial charge in [-0.15, -0.1) is 0 Å².